The highest BCUT2D eigenvalue weighted by Gasteiger charge is 2.32. The minimum absolute atomic E-state index is 0.0464. The number of hydrogen-bond donors (Lipinski definition) is 3. The van der Waals surface area contributed by atoms with Crippen molar-refractivity contribution in [3.63, 3.8) is 0 Å². The molecule has 3 aromatic rings. The maximum Gasteiger partial charge on any atom is 0.183 e. The predicted octanol–water partition coefficient (Wildman–Crippen LogP) is 3.15. The highest BCUT2D eigenvalue weighted by Crippen LogP contribution is 2.29. The Labute approximate surface area is 160 Å². The average molecular weight is 392 g/mol. The Morgan fingerprint density at radius 1 is 1.33 bits per heavy atom. The molecule has 0 radical (unpaired) electrons. The van der Waals surface area contributed by atoms with Crippen molar-refractivity contribution in [2.24, 2.45) is 0 Å². The van der Waals surface area contributed by atoms with Crippen LogP contribution in [0.5, 0.6) is 0 Å². The van der Waals surface area contributed by atoms with Crippen molar-refractivity contribution in [2.75, 3.05) is 12.4 Å². The van der Waals surface area contributed by atoms with Crippen LogP contribution in [0.15, 0.2) is 24.7 Å². The van der Waals surface area contributed by atoms with Crippen LogP contribution >= 0.6 is 11.6 Å². The number of anilines is 1. The molecule has 27 heavy (non-hydrogen) atoms. The lowest BCUT2D eigenvalue weighted by Crippen LogP contribution is -2.46. The fourth-order valence-electron chi connectivity index (χ4n) is 3.49. The van der Waals surface area contributed by atoms with Gasteiger partial charge < -0.3 is 20.1 Å². The first-order chi connectivity index (χ1) is 13.1. The van der Waals surface area contributed by atoms with Gasteiger partial charge in [0.1, 0.15) is 11.8 Å². The van der Waals surface area contributed by atoms with Gasteiger partial charge in [0.2, 0.25) is 0 Å². The molecule has 3 aromatic heterocycles. The number of aliphatic hydroxyl groups is 1. The van der Waals surface area contributed by atoms with Gasteiger partial charge >= 0.3 is 0 Å². The van der Waals surface area contributed by atoms with Gasteiger partial charge in [-0.05, 0) is 25.3 Å². The molecule has 4 rings (SSSR count). The SMILES string of the molecule is CO[C@@H]1CCC[C@H](Nc2nc(-c3c[nH]c4ncc(Cl)cc34)ncc2F)C1O. The van der Waals surface area contributed by atoms with Gasteiger partial charge in [-0.2, -0.15) is 0 Å². The molecule has 0 aromatic carbocycles. The third-order valence-electron chi connectivity index (χ3n) is 4.90. The highest BCUT2D eigenvalue weighted by atomic mass is 35.5. The van der Waals surface area contributed by atoms with Gasteiger partial charge in [-0.15, -0.1) is 0 Å². The molecule has 0 amide bonds. The molecule has 1 aliphatic rings. The first kappa shape index (κ1) is 18.1. The fraction of sp³-hybridized carbons (Fsp3) is 0.389. The normalized spacial score (nSPS) is 22.9. The van der Waals surface area contributed by atoms with Crippen LogP contribution in [0.3, 0.4) is 0 Å². The van der Waals surface area contributed by atoms with E-state index >= 15 is 0 Å². The maximum atomic E-state index is 14.3. The summed E-state index contributed by atoms with van der Waals surface area (Å²) < 4.78 is 19.6. The molecule has 9 heteroatoms. The monoisotopic (exact) mass is 391 g/mol. The first-order valence-electron chi connectivity index (χ1n) is 8.69. The molecule has 0 spiro atoms. The van der Waals surface area contributed by atoms with Crippen LogP contribution in [-0.4, -0.2) is 50.4 Å². The van der Waals surface area contributed by atoms with Crippen LogP contribution in [0.4, 0.5) is 10.2 Å². The predicted molar refractivity (Wildman–Crippen MR) is 100 cm³/mol. The Balaban J connectivity index is 1.66. The zero-order chi connectivity index (χ0) is 19.0. The van der Waals surface area contributed by atoms with Gasteiger partial charge in [0.05, 0.1) is 23.4 Å². The van der Waals surface area contributed by atoms with Crippen LogP contribution < -0.4 is 5.32 Å². The van der Waals surface area contributed by atoms with Gasteiger partial charge in [-0.25, -0.2) is 19.3 Å². The Morgan fingerprint density at radius 2 is 2.19 bits per heavy atom. The molecule has 142 valence electrons. The molecule has 1 unspecified atom stereocenters. The molecule has 1 saturated carbocycles. The van der Waals surface area contributed by atoms with Crippen molar-refractivity contribution in [3.05, 3.63) is 35.5 Å². The number of nitrogens with zero attached hydrogens (tertiary/aromatic N) is 3. The number of aromatic amines is 1. The summed E-state index contributed by atoms with van der Waals surface area (Å²) >= 11 is 6.03. The van der Waals surface area contributed by atoms with Crippen LogP contribution in [0.1, 0.15) is 19.3 Å². The number of aromatic nitrogens is 4. The average Bonchev–Trinajstić information content (AvgIpc) is 3.08. The number of methoxy groups -OCH3 is 1. The smallest absolute Gasteiger partial charge is 0.183 e. The molecule has 3 heterocycles. The second kappa shape index (κ2) is 7.38. The number of rotatable bonds is 4. The molecular formula is C18H19ClFN5O2. The largest absolute Gasteiger partial charge is 0.388 e. The van der Waals surface area contributed by atoms with Gasteiger partial charge in [0.25, 0.3) is 0 Å². The van der Waals surface area contributed by atoms with Crippen LogP contribution in [0.2, 0.25) is 5.02 Å². The number of hydrogen-bond acceptors (Lipinski definition) is 6. The van der Waals surface area contributed by atoms with Gasteiger partial charge in [-0.3, -0.25) is 0 Å². The number of ether oxygens (including phenoxy) is 1. The summed E-state index contributed by atoms with van der Waals surface area (Å²) in [6.45, 7) is 0. The summed E-state index contributed by atoms with van der Waals surface area (Å²) in [6, 6.07) is 1.41. The lowest BCUT2D eigenvalue weighted by molar-refractivity contribution is -0.0421. The zero-order valence-electron chi connectivity index (χ0n) is 14.6. The summed E-state index contributed by atoms with van der Waals surface area (Å²) in [5, 5.41) is 14.7. The third-order valence-corrected chi connectivity index (χ3v) is 5.11. The number of fused-ring (bicyclic) bond motifs is 1. The molecule has 7 nitrogen and oxygen atoms in total. The molecule has 1 aliphatic carbocycles. The zero-order valence-corrected chi connectivity index (χ0v) is 15.4. The van der Waals surface area contributed by atoms with E-state index in [1.807, 2.05) is 0 Å². The van der Waals surface area contributed by atoms with Crippen molar-refractivity contribution in [1.29, 1.82) is 0 Å². The van der Waals surface area contributed by atoms with E-state index in [0.29, 0.717) is 28.5 Å². The highest BCUT2D eigenvalue weighted by molar-refractivity contribution is 6.31. The molecule has 0 saturated heterocycles. The quantitative estimate of drug-likeness (QED) is 0.632. The summed E-state index contributed by atoms with van der Waals surface area (Å²) in [5.41, 5.74) is 1.31. The molecule has 3 N–H and O–H groups in total. The number of H-pyrrole nitrogens is 1. The lowest BCUT2D eigenvalue weighted by Gasteiger charge is -2.34. The third kappa shape index (κ3) is 3.47. The van der Waals surface area contributed by atoms with Gasteiger partial charge in [-0.1, -0.05) is 11.6 Å². The minimum Gasteiger partial charge on any atom is -0.388 e. The molecule has 1 fully saturated rings. The van der Waals surface area contributed by atoms with Crippen molar-refractivity contribution >= 4 is 28.5 Å². The fourth-order valence-corrected chi connectivity index (χ4v) is 3.65. The van der Waals surface area contributed by atoms with Crippen molar-refractivity contribution in [3.8, 4) is 11.4 Å². The van der Waals surface area contributed by atoms with Crippen LogP contribution in [0, 0.1) is 5.82 Å². The van der Waals surface area contributed by atoms with E-state index in [1.54, 1.807) is 25.6 Å². The van der Waals surface area contributed by atoms with Crippen LogP contribution in [-0.2, 0) is 4.74 Å². The Hall–Kier alpha value is -2.29. The topological polar surface area (TPSA) is 96.0 Å². The minimum atomic E-state index is -0.738. The summed E-state index contributed by atoms with van der Waals surface area (Å²) in [4.78, 5) is 15.7. The maximum absolute atomic E-state index is 14.3. The van der Waals surface area contributed by atoms with E-state index in [4.69, 9.17) is 16.3 Å². The summed E-state index contributed by atoms with van der Waals surface area (Å²) in [6.07, 6.45) is 5.70. The van der Waals surface area contributed by atoms with Crippen LogP contribution in [0.25, 0.3) is 22.4 Å². The van der Waals surface area contributed by atoms with E-state index in [-0.39, 0.29) is 18.0 Å². The van der Waals surface area contributed by atoms with Crippen molar-refractivity contribution in [1.82, 2.24) is 19.9 Å². The van der Waals surface area contributed by atoms with E-state index < -0.39 is 11.9 Å². The lowest BCUT2D eigenvalue weighted by atomic mass is 9.90. The summed E-state index contributed by atoms with van der Waals surface area (Å²) in [5.74, 6) is -0.200. The molecule has 0 aliphatic heterocycles. The Morgan fingerprint density at radius 3 is 3.00 bits per heavy atom. The van der Waals surface area contributed by atoms with E-state index in [2.05, 4.69) is 25.3 Å². The first-order valence-corrected chi connectivity index (χ1v) is 9.07. The number of pyridine rings is 1. The second-order valence-electron chi connectivity index (χ2n) is 6.59. The Bertz CT molecular complexity index is 966. The van der Waals surface area contributed by atoms with Gasteiger partial charge in [0, 0.05) is 30.5 Å². The van der Waals surface area contributed by atoms with E-state index in [9.17, 15) is 9.50 Å². The van der Waals surface area contributed by atoms with Crippen molar-refractivity contribution < 1.29 is 14.2 Å². The molecular weight excluding hydrogens is 373 g/mol. The van der Waals surface area contributed by atoms with E-state index in [0.717, 1.165) is 24.4 Å². The number of aliphatic hydroxyl groups excluding tert-OH is 1. The molecule has 0 bridgehead atoms. The Kier molecular flexibility index (Phi) is 4.94. The van der Waals surface area contributed by atoms with E-state index in [1.165, 1.54) is 0 Å². The number of nitrogens with one attached hydrogen (secondary N) is 2. The standard InChI is InChI=1S/C18H19ClFN5O2/c1-27-14-4-2-3-13(15(14)26)24-18-12(20)8-23-17(25-18)11-7-22-16-10(11)5-9(19)6-21-16/h5-8,13-15,26H,2-4H2,1H3,(H,21,22)(H,23,24,25)/t13-,14+,15?/m0/s1. The number of halogens is 2. The summed E-state index contributed by atoms with van der Waals surface area (Å²) in [7, 11) is 1.57. The van der Waals surface area contributed by atoms with Gasteiger partial charge in [0.15, 0.2) is 17.5 Å². The molecule has 3 atom stereocenters. The second-order valence-corrected chi connectivity index (χ2v) is 7.03. The van der Waals surface area contributed by atoms with Crippen molar-refractivity contribution in [2.45, 2.75) is 37.5 Å².